The van der Waals surface area contributed by atoms with Crippen LogP contribution in [0.1, 0.15) is 328 Å². The van der Waals surface area contributed by atoms with Gasteiger partial charge in [-0.05, 0) is 12.8 Å². The van der Waals surface area contributed by atoms with Crippen molar-refractivity contribution in [1.82, 2.24) is 5.32 Å². The van der Waals surface area contributed by atoms with Crippen molar-refractivity contribution in [2.75, 3.05) is 6.61 Å². The Kier molecular flexibility index (Phi) is 51.7. The van der Waals surface area contributed by atoms with Gasteiger partial charge >= 0.3 is 0 Å². The molecule has 0 aliphatic rings. The van der Waals surface area contributed by atoms with Gasteiger partial charge in [-0.15, -0.1) is 0 Å². The Hall–Kier alpha value is -0.690. The van der Waals surface area contributed by atoms with Crippen LogP contribution in [0.2, 0.25) is 0 Å². The van der Waals surface area contributed by atoms with E-state index in [1.807, 2.05) is 0 Å². The summed E-state index contributed by atoms with van der Waals surface area (Å²) in [7, 11) is 0. The van der Waals surface area contributed by atoms with Crippen LogP contribution in [-0.2, 0) is 4.79 Å². The highest BCUT2D eigenvalue weighted by molar-refractivity contribution is 5.80. The van der Waals surface area contributed by atoms with E-state index in [4.69, 9.17) is 0 Å². The van der Waals surface area contributed by atoms with Gasteiger partial charge in [0.25, 0.3) is 0 Å². The SMILES string of the molecule is CCCCCCCCCCCCCCCCCCCCCCCCCCCCCCCCCCC(O)C(=O)NC(CO)C(O)C(O)CCCCCCCCCCCCCCCCC. The normalized spacial score (nSPS) is 13.7. The summed E-state index contributed by atoms with van der Waals surface area (Å²) in [5.74, 6) is -0.576. The van der Waals surface area contributed by atoms with E-state index in [1.54, 1.807) is 0 Å². The quantitative estimate of drug-likeness (QED) is 0.0391. The third-order valence-electron chi connectivity index (χ3n) is 14.1. The number of aliphatic hydroxyl groups is 4. The second kappa shape index (κ2) is 52.3. The molecule has 6 nitrogen and oxygen atoms in total. The standard InChI is InChI=1S/C57H115NO5/c1-3-5-7-9-11-13-15-17-19-20-21-22-23-24-25-26-27-28-29-30-31-32-33-34-35-37-39-41-43-45-47-49-51-55(61)57(63)58-53(52-59)56(62)54(60)50-48-46-44-42-40-38-36-18-16-14-12-10-8-6-4-2/h53-56,59-62H,3-52H2,1-2H3,(H,58,63). The van der Waals surface area contributed by atoms with E-state index in [0.29, 0.717) is 12.8 Å². The summed E-state index contributed by atoms with van der Waals surface area (Å²) in [6, 6.07) is -0.980. The zero-order valence-electron chi connectivity index (χ0n) is 42.9. The maximum Gasteiger partial charge on any atom is 0.249 e. The fourth-order valence-corrected chi connectivity index (χ4v) is 9.53. The molecule has 378 valence electrons. The maximum atomic E-state index is 12.6. The van der Waals surface area contributed by atoms with Crippen LogP contribution in [-0.4, -0.2) is 57.3 Å². The number of rotatable bonds is 54. The van der Waals surface area contributed by atoms with Gasteiger partial charge in [0.1, 0.15) is 12.2 Å². The Bertz CT molecular complexity index is 871. The summed E-state index contributed by atoms with van der Waals surface area (Å²) in [6.07, 6.45) is 60.4. The minimum atomic E-state index is -1.25. The number of hydrogen-bond acceptors (Lipinski definition) is 5. The first kappa shape index (κ1) is 62.3. The second-order valence-corrected chi connectivity index (χ2v) is 20.4. The Morgan fingerprint density at radius 2 is 0.540 bits per heavy atom. The molecule has 1 amide bonds. The van der Waals surface area contributed by atoms with Gasteiger partial charge in [0.05, 0.1) is 18.8 Å². The van der Waals surface area contributed by atoms with Gasteiger partial charge in [0.15, 0.2) is 0 Å². The van der Waals surface area contributed by atoms with E-state index in [1.165, 1.54) is 263 Å². The molecular formula is C57H115NO5. The van der Waals surface area contributed by atoms with Crippen molar-refractivity contribution in [3.05, 3.63) is 0 Å². The van der Waals surface area contributed by atoms with Crippen molar-refractivity contribution in [1.29, 1.82) is 0 Å². The van der Waals surface area contributed by atoms with E-state index in [0.717, 1.165) is 38.5 Å². The monoisotopic (exact) mass is 894 g/mol. The van der Waals surface area contributed by atoms with Crippen LogP contribution in [0.15, 0.2) is 0 Å². The minimum absolute atomic E-state index is 0.376. The summed E-state index contributed by atoms with van der Waals surface area (Å²) in [6.45, 7) is 4.09. The number of carbonyl (C=O) groups is 1. The molecule has 5 N–H and O–H groups in total. The van der Waals surface area contributed by atoms with Crippen LogP contribution in [0.25, 0.3) is 0 Å². The average Bonchev–Trinajstić information content (AvgIpc) is 3.29. The van der Waals surface area contributed by atoms with E-state index in [-0.39, 0.29) is 0 Å². The number of amides is 1. The van der Waals surface area contributed by atoms with E-state index < -0.39 is 36.9 Å². The first-order valence-electron chi connectivity index (χ1n) is 28.9. The zero-order chi connectivity index (χ0) is 45.9. The Balaban J connectivity index is 3.51. The van der Waals surface area contributed by atoms with Gasteiger partial charge in [-0.25, -0.2) is 0 Å². The Labute approximate surface area is 394 Å². The smallest absolute Gasteiger partial charge is 0.249 e. The maximum absolute atomic E-state index is 12.6. The molecule has 0 aliphatic carbocycles. The highest BCUT2D eigenvalue weighted by atomic mass is 16.3. The highest BCUT2D eigenvalue weighted by Gasteiger charge is 2.28. The highest BCUT2D eigenvalue weighted by Crippen LogP contribution is 2.19. The number of nitrogens with one attached hydrogen (secondary N) is 1. The van der Waals surface area contributed by atoms with E-state index in [2.05, 4.69) is 19.2 Å². The molecule has 63 heavy (non-hydrogen) atoms. The molecule has 4 atom stereocenters. The first-order chi connectivity index (χ1) is 31.0. The fraction of sp³-hybridized carbons (Fsp3) is 0.982. The number of hydrogen-bond donors (Lipinski definition) is 5. The number of unbranched alkanes of at least 4 members (excludes halogenated alkanes) is 45. The molecule has 0 aromatic carbocycles. The lowest BCUT2D eigenvalue weighted by atomic mass is 9.99. The molecule has 0 fully saturated rings. The van der Waals surface area contributed by atoms with Gasteiger partial charge in [-0.2, -0.15) is 0 Å². The van der Waals surface area contributed by atoms with Crippen molar-refractivity contribution >= 4 is 5.91 Å². The topological polar surface area (TPSA) is 110 Å². The molecule has 0 saturated heterocycles. The molecule has 0 radical (unpaired) electrons. The number of carbonyl (C=O) groups excluding carboxylic acids is 1. The minimum Gasteiger partial charge on any atom is -0.394 e. The second-order valence-electron chi connectivity index (χ2n) is 20.4. The van der Waals surface area contributed by atoms with Crippen molar-refractivity contribution in [2.24, 2.45) is 0 Å². The summed E-state index contributed by atoms with van der Waals surface area (Å²) in [4.78, 5) is 12.6. The third kappa shape index (κ3) is 46.2. The van der Waals surface area contributed by atoms with Crippen LogP contribution in [0.5, 0.6) is 0 Å². The molecule has 0 aromatic rings. The molecule has 0 aliphatic heterocycles. The van der Waals surface area contributed by atoms with Crippen LogP contribution in [0.3, 0.4) is 0 Å². The average molecular weight is 895 g/mol. The fourth-order valence-electron chi connectivity index (χ4n) is 9.53. The molecule has 0 spiro atoms. The summed E-state index contributed by atoms with van der Waals surface area (Å²) in [5, 5.41) is 43.9. The van der Waals surface area contributed by atoms with Crippen LogP contribution < -0.4 is 5.32 Å². The largest absolute Gasteiger partial charge is 0.394 e. The predicted octanol–water partition coefficient (Wildman–Crippen LogP) is 16.7. The summed E-state index contributed by atoms with van der Waals surface area (Å²) >= 11 is 0. The van der Waals surface area contributed by atoms with Gasteiger partial charge in [0.2, 0.25) is 5.91 Å². The van der Waals surface area contributed by atoms with Gasteiger partial charge < -0.3 is 25.7 Å². The van der Waals surface area contributed by atoms with Crippen LogP contribution in [0, 0.1) is 0 Å². The van der Waals surface area contributed by atoms with E-state index in [9.17, 15) is 25.2 Å². The summed E-state index contributed by atoms with van der Waals surface area (Å²) in [5.41, 5.74) is 0. The van der Waals surface area contributed by atoms with Crippen molar-refractivity contribution in [3.8, 4) is 0 Å². The Morgan fingerprint density at radius 3 is 0.762 bits per heavy atom. The molecule has 0 saturated carbocycles. The number of aliphatic hydroxyl groups excluding tert-OH is 4. The van der Waals surface area contributed by atoms with Crippen molar-refractivity contribution in [3.63, 3.8) is 0 Å². The molecular weight excluding hydrogens is 779 g/mol. The van der Waals surface area contributed by atoms with Gasteiger partial charge in [-0.3, -0.25) is 4.79 Å². The van der Waals surface area contributed by atoms with Crippen molar-refractivity contribution in [2.45, 2.75) is 353 Å². The lowest BCUT2D eigenvalue weighted by molar-refractivity contribution is -0.132. The molecule has 0 heterocycles. The van der Waals surface area contributed by atoms with Crippen LogP contribution >= 0.6 is 0 Å². The zero-order valence-corrected chi connectivity index (χ0v) is 42.9. The summed E-state index contributed by atoms with van der Waals surface area (Å²) < 4.78 is 0. The molecule has 0 bridgehead atoms. The molecule has 0 rings (SSSR count). The first-order valence-corrected chi connectivity index (χ1v) is 28.9. The van der Waals surface area contributed by atoms with Gasteiger partial charge in [-0.1, -0.05) is 316 Å². The molecule has 6 heteroatoms. The predicted molar refractivity (Wildman–Crippen MR) is 275 cm³/mol. The molecule has 0 aromatic heterocycles. The van der Waals surface area contributed by atoms with E-state index >= 15 is 0 Å². The third-order valence-corrected chi connectivity index (χ3v) is 14.1. The van der Waals surface area contributed by atoms with Crippen molar-refractivity contribution < 1.29 is 25.2 Å². The van der Waals surface area contributed by atoms with Crippen LogP contribution in [0.4, 0.5) is 0 Å². The van der Waals surface area contributed by atoms with Gasteiger partial charge in [0, 0.05) is 0 Å². The lowest BCUT2D eigenvalue weighted by Crippen LogP contribution is -2.53. The lowest BCUT2D eigenvalue weighted by Gasteiger charge is -2.27. The molecule has 4 unspecified atom stereocenters. The Morgan fingerprint density at radius 1 is 0.333 bits per heavy atom.